The number of hydrogen-bond acceptors (Lipinski definition) is 4. The highest BCUT2D eigenvalue weighted by molar-refractivity contribution is 5.81. The third kappa shape index (κ3) is 3.26. The largest absolute Gasteiger partial charge is 0.444 e. The third-order valence-electron chi connectivity index (χ3n) is 6.40. The minimum atomic E-state index is -0.458. The fourth-order valence-electron chi connectivity index (χ4n) is 4.85. The molecular weight excluding hydrogens is 378 g/mol. The van der Waals surface area contributed by atoms with Gasteiger partial charge in [-0.05, 0) is 65.2 Å². The summed E-state index contributed by atoms with van der Waals surface area (Å²) in [6.07, 6.45) is 4.68. The van der Waals surface area contributed by atoms with E-state index in [-0.39, 0.29) is 11.5 Å². The highest BCUT2D eigenvalue weighted by atomic mass is 16.6. The lowest BCUT2D eigenvalue weighted by Gasteiger charge is -2.39. The fraction of sp³-hybridized carbons (Fsp3) is 0.522. The Bertz CT molecular complexity index is 1110. The topological polar surface area (TPSA) is 76.0 Å². The van der Waals surface area contributed by atoms with E-state index >= 15 is 0 Å². The molecule has 1 spiro atoms. The van der Waals surface area contributed by atoms with Gasteiger partial charge in [0, 0.05) is 53.6 Å². The van der Waals surface area contributed by atoms with Crippen LogP contribution in [0.3, 0.4) is 0 Å². The number of carbonyl (C=O) groups excluding carboxylic acids is 1. The number of H-pyrrole nitrogens is 1. The summed E-state index contributed by atoms with van der Waals surface area (Å²) in [7, 11) is 0. The standard InChI is InChI=1S/C23H29N5O2/c1-15-11-16-12-17(14-24-20(16)25-15)18-13-19-23(7-10-28(19)26-18)5-8-27(9-6-23)21(29)30-22(2,3)4/h11-14H,5-10H2,1-4H3,(H,24,25). The van der Waals surface area contributed by atoms with Gasteiger partial charge in [0.25, 0.3) is 0 Å². The molecule has 1 fully saturated rings. The smallest absolute Gasteiger partial charge is 0.410 e. The van der Waals surface area contributed by atoms with Crippen LogP contribution < -0.4 is 0 Å². The lowest BCUT2D eigenvalue weighted by atomic mass is 9.75. The van der Waals surface area contributed by atoms with Crippen LogP contribution in [-0.4, -0.2) is 49.4 Å². The van der Waals surface area contributed by atoms with E-state index in [1.807, 2.05) is 38.8 Å². The maximum absolute atomic E-state index is 12.4. The minimum Gasteiger partial charge on any atom is -0.444 e. The summed E-state index contributed by atoms with van der Waals surface area (Å²) < 4.78 is 7.71. The molecule has 2 aliphatic heterocycles. The van der Waals surface area contributed by atoms with Crippen molar-refractivity contribution in [2.45, 2.75) is 64.5 Å². The first-order valence-electron chi connectivity index (χ1n) is 10.7. The van der Waals surface area contributed by atoms with E-state index in [0.717, 1.165) is 66.9 Å². The molecule has 7 heteroatoms. The fourth-order valence-corrected chi connectivity index (χ4v) is 4.85. The average Bonchev–Trinajstić information content (AvgIpc) is 3.34. The van der Waals surface area contributed by atoms with Crippen LogP contribution in [-0.2, 0) is 16.7 Å². The van der Waals surface area contributed by atoms with E-state index in [1.54, 1.807) is 0 Å². The van der Waals surface area contributed by atoms with Crippen molar-refractivity contribution >= 4 is 17.1 Å². The number of piperidine rings is 1. The number of likely N-dealkylation sites (tertiary alicyclic amines) is 1. The van der Waals surface area contributed by atoms with Crippen molar-refractivity contribution < 1.29 is 9.53 Å². The van der Waals surface area contributed by atoms with Gasteiger partial charge in [0.1, 0.15) is 11.2 Å². The van der Waals surface area contributed by atoms with Crippen molar-refractivity contribution in [2.24, 2.45) is 0 Å². The molecule has 0 aliphatic carbocycles. The van der Waals surface area contributed by atoms with Gasteiger partial charge in [0.2, 0.25) is 0 Å². The van der Waals surface area contributed by atoms with Crippen molar-refractivity contribution in [3.05, 3.63) is 35.8 Å². The number of aromatic amines is 1. The summed E-state index contributed by atoms with van der Waals surface area (Å²) in [5, 5.41) is 6.00. The van der Waals surface area contributed by atoms with E-state index in [2.05, 4.69) is 32.8 Å². The Balaban J connectivity index is 1.36. The Morgan fingerprint density at radius 2 is 1.87 bits per heavy atom. The predicted octanol–water partition coefficient (Wildman–Crippen LogP) is 4.41. The van der Waals surface area contributed by atoms with E-state index < -0.39 is 5.60 Å². The van der Waals surface area contributed by atoms with Crippen LogP contribution in [0.1, 0.15) is 51.4 Å². The van der Waals surface area contributed by atoms with Crippen molar-refractivity contribution in [3.63, 3.8) is 0 Å². The molecule has 5 heterocycles. The Kier molecular flexibility index (Phi) is 4.21. The SMILES string of the molecule is Cc1cc2cc(-c3cc4n(n3)CCC43CCN(C(=O)OC(C)(C)C)CC3)cnc2[nH]1. The summed E-state index contributed by atoms with van der Waals surface area (Å²) in [6.45, 7) is 10.2. The van der Waals surface area contributed by atoms with Gasteiger partial charge in [0.05, 0.1) is 5.69 Å². The zero-order valence-electron chi connectivity index (χ0n) is 18.2. The molecule has 30 heavy (non-hydrogen) atoms. The van der Waals surface area contributed by atoms with Gasteiger partial charge in [-0.2, -0.15) is 5.10 Å². The van der Waals surface area contributed by atoms with Gasteiger partial charge in [-0.15, -0.1) is 0 Å². The zero-order chi connectivity index (χ0) is 21.1. The maximum Gasteiger partial charge on any atom is 0.410 e. The number of amides is 1. The van der Waals surface area contributed by atoms with Crippen LogP contribution in [0.15, 0.2) is 24.4 Å². The summed E-state index contributed by atoms with van der Waals surface area (Å²) in [5.74, 6) is 0. The molecule has 0 atom stereocenters. The van der Waals surface area contributed by atoms with Crippen LogP contribution in [0.5, 0.6) is 0 Å². The molecule has 2 aliphatic rings. The third-order valence-corrected chi connectivity index (χ3v) is 6.40. The Morgan fingerprint density at radius 1 is 1.13 bits per heavy atom. The van der Waals surface area contributed by atoms with Crippen molar-refractivity contribution in [1.29, 1.82) is 0 Å². The highest BCUT2D eigenvalue weighted by Gasteiger charge is 2.44. The van der Waals surface area contributed by atoms with Crippen LogP contribution in [0.4, 0.5) is 4.79 Å². The number of ether oxygens (including phenoxy) is 1. The second-order valence-corrected chi connectivity index (χ2v) is 9.75. The highest BCUT2D eigenvalue weighted by Crippen LogP contribution is 2.44. The first-order valence-corrected chi connectivity index (χ1v) is 10.7. The molecular formula is C23H29N5O2. The molecule has 5 rings (SSSR count). The van der Waals surface area contributed by atoms with Gasteiger partial charge in [-0.1, -0.05) is 0 Å². The lowest BCUT2D eigenvalue weighted by Crippen LogP contribution is -2.46. The van der Waals surface area contributed by atoms with E-state index in [0.29, 0.717) is 0 Å². The molecule has 1 N–H and O–H groups in total. The summed E-state index contributed by atoms with van der Waals surface area (Å²) in [5.41, 5.74) is 4.99. The number of pyridine rings is 1. The Labute approximate surface area is 176 Å². The van der Waals surface area contributed by atoms with Gasteiger partial charge in [-0.3, -0.25) is 4.68 Å². The molecule has 1 saturated heterocycles. The van der Waals surface area contributed by atoms with E-state index in [4.69, 9.17) is 9.84 Å². The monoisotopic (exact) mass is 407 g/mol. The lowest BCUT2D eigenvalue weighted by molar-refractivity contribution is 0.0164. The molecule has 0 radical (unpaired) electrons. The first kappa shape index (κ1) is 19.2. The first-order chi connectivity index (χ1) is 14.2. The molecule has 3 aromatic rings. The summed E-state index contributed by atoms with van der Waals surface area (Å²) in [4.78, 5) is 22.1. The second-order valence-electron chi connectivity index (χ2n) is 9.75. The van der Waals surface area contributed by atoms with Gasteiger partial charge >= 0.3 is 6.09 Å². The van der Waals surface area contributed by atoms with Crippen molar-refractivity contribution in [3.8, 4) is 11.3 Å². The Morgan fingerprint density at radius 3 is 2.60 bits per heavy atom. The summed E-state index contributed by atoms with van der Waals surface area (Å²) in [6, 6.07) is 6.50. The van der Waals surface area contributed by atoms with Crippen LogP contribution in [0, 0.1) is 6.92 Å². The maximum atomic E-state index is 12.4. The van der Waals surface area contributed by atoms with Gasteiger partial charge in [-0.25, -0.2) is 9.78 Å². The second kappa shape index (κ2) is 6.59. The van der Waals surface area contributed by atoms with E-state index in [9.17, 15) is 4.79 Å². The number of carbonyl (C=O) groups is 1. The molecule has 7 nitrogen and oxygen atoms in total. The molecule has 0 unspecified atom stereocenters. The quantitative estimate of drug-likeness (QED) is 0.648. The van der Waals surface area contributed by atoms with Crippen LogP contribution >= 0.6 is 0 Å². The number of nitrogens with one attached hydrogen (secondary N) is 1. The molecule has 0 saturated carbocycles. The number of nitrogens with zero attached hydrogens (tertiary/aromatic N) is 4. The number of aromatic nitrogens is 4. The van der Waals surface area contributed by atoms with Crippen LogP contribution in [0.25, 0.3) is 22.3 Å². The normalized spacial score (nSPS) is 18.2. The zero-order valence-corrected chi connectivity index (χ0v) is 18.2. The average molecular weight is 408 g/mol. The predicted molar refractivity (Wildman–Crippen MR) is 115 cm³/mol. The van der Waals surface area contributed by atoms with Crippen LogP contribution in [0.2, 0.25) is 0 Å². The molecule has 0 bridgehead atoms. The minimum absolute atomic E-state index is 0.103. The number of rotatable bonds is 1. The molecule has 3 aromatic heterocycles. The number of hydrogen-bond donors (Lipinski definition) is 1. The summed E-state index contributed by atoms with van der Waals surface area (Å²) >= 11 is 0. The molecule has 158 valence electrons. The number of fused-ring (bicyclic) bond motifs is 3. The van der Waals surface area contributed by atoms with Gasteiger partial charge in [0.15, 0.2) is 0 Å². The Hall–Kier alpha value is -2.83. The van der Waals surface area contributed by atoms with Gasteiger partial charge < -0.3 is 14.6 Å². The van der Waals surface area contributed by atoms with E-state index in [1.165, 1.54) is 5.69 Å². The molecule has 1 amide bonds. The number of aryl methyl sites for hydroxylation is 2. The van der Waals surface area contributed by atoms with Crippen molar-refractivity contribution in [2.75, 3.05) is 13.1 Å². The molecule has 0 aromatic carbocycles. The van der Waals surface area contributed by atoms with Crippen molar-refractivity contribution in [1.82, 2.24) is 24.6 Å².